The van der Waals surface area contributed by atoms with E-state index in [9.17, 15) is 28.8 Å². The van der Waals surface area contributed by atoms with E-state index < -0.39 is 0 Å². The van der Waals surface area contributed by atoms with Crippen LogP contribution in [0.1, 0.15) is 86.2 Å². The third-order valence-corrected chi connectivity index (χ3v) is 31.5. The Bertz CT molecular complexity index is 9910. The summed E-state index contributed by atoms with van der Waals surface area (Å²) in [6.07, 6.45) is 5.19. The first-order valence-electron chi connectivity index (χ1n) is 49.7. The van der Waals surface area contributed by atoms with Crippen LogP contribution in [-0.2, 0) is 66.4 Å². The highest BCUT2D eigenvalue weighted by molar-refractivity contribution is 9.09. The number of benzene rings is 28. The van der Waals surface area contributed by atoms with Crippen LogP contribution in [0.4, 0.5) is 0 Å². The second-order valence-electron chi connectivity index (χ2n) is 38.1. The van der Waals surface area contributed by atoms with Crippen molar-refractivity contribution in [2.45, 2.75) is 69.8 Å². The van der Waals surface area contributed by atoms with Crippen molar-refractivity contribution in [3.63, 3.8) is 0 Å². The van der Waals surface area contributed by atoms with Crippen molar-refractivity contribution in [2.75, 3.05) is 24.1 Å². The average molecular weight is 2100 g/mol. The number of carbonyl (C=O) groups excluding carboxylic acids is 6. The normalized spacial score (nSPS) is 11.9. The Labute approximate surface area is 879 Å². The summed E-state index contributed by atoms with van der Waals surface area (Å²) in [7, 11) is 1.44. The molecule has 0 saturated carbocycles. The van der Waals surface area contributed by atoms with Crippen LogP contribution in [0.3, 0.4) is 0 Å². The zero-order chi connectivity index (χ0) is 100. The zero-order valence-electron chi connectivity index (χ0n) is 80.4. The number of hydrogen-bond donors (Lipinski definition) is 2. The molecule has 0 aliphatic heterocycles. The molecular formula is C133H95Br2Cl2NO8S. The molecule has 14 heteroatoms. The highest BCUT2D eigenvalue weighted by Gasteiger charge is 2.27. The number of nitrogens with one attached hydrogen (secondary N) is 1. The average Bonchev–Trinajstić information content (AvgIpc) is 1.55. The van der Waals surface area contributed by atoms with Gasteiger partial charge in [0.25, 0.3) is 0 Å². The van der Waals surface area contributed by atoms with Crippen molar-refractivity contribution in [2.24, 2.45) is 0 Å². The molecule has 0 bridgehead atoms. The summed E-state index contributed by atoms with van der Waals surface area (Å²) in [5.74, 6) is 0.403. The number of carbonyl (C=O) groups is 6. The largest absolute Gasteiger partial charge is 0.469 e. The third-order valence-electron chi connectivity index (χ3n) is 29.7. The Hall–Kier alpha value is -15.3. The van der Waals surface area contributed by atoms with E-state index >= 15 is 0 Å². The van der Waals surface area contributed by atoms with Crippen LogP contribution in [0.15, 0.2) is 376 Å². The van der Waals surface area contributed by atoms with E-state index in [-0.39, 0.29) is 40.5 Å². The quantitative estimate of drug-likeness (QED) is 0.0217. The smallest absolute Gasteiger partial charge is 0.306 e. The van der Waals surface area contributed by atoms with Crippen LogP contribution in [0.5, 0.6) is 0 Å². The van der Waals surface area contributed by atoms with Crippen LogP contribution in [0.25, 0.3) is 226 Å². The second-order valence-corrected chi connectivity index (χ2v) is 40.4. The maximum atomic E-state index is 12.1. The lowest BCUT2D eigenvalue weighted by Crippen LogP contribution is -2.23. The molecule has 28 aromatic carbocycles. The minimum Gasteiger partial charge on any atom is -0.469 e. The molecule has 1 amide bonds. The number of methoxy groups -OCH3 is 1. The van der Waals surface area contributed by atoms with Crippen LogP contribution >= 0.6 is 67.7 Å². The number of aryl methyl sites for hydroxylation is 2. The molecule has 28 aromatic rings. The number of thiol groups is 1. The summed E-state index contributed by atoms with van der Waals surface area (Å²) >= 11 is 21.9. The zero-order valence-corrected chi connectivity index (χ0v) is 86.0. The molecule has 0 spiro atoms. The minimum atomic E-state index is -0.252. The van der Waals surface area contributed by atoms with Crippen molar-refractivity contribution in [3.05, 3.63) is 421 Å². The number of Topliss-reactive ketones (excluding diaryl/α,β-unsaturated/α-hetero) is 2. The van der Waals surface area contributed by atoms with Gasteiger partial charge in [-0.1, -0.05) is 408 Å². The molecule has 0 aromatic heterocycles. The topological polar surface area (TPSA) is 133 Å². The van der Waals surface area contributed by atoms with Gasteiger partial charge >= 0.3 is 11.9 Å². The minimum absolute atomic E-state index is 0.00810. The summed E-state index contributed by atoms with van der Waals surface area (Å²) in [6, 6.07) is 133. The Morgan fingerprint density at radius 2 is 0.619 bits per heavy atom. The number of amides is 1. The van der Waals surface area contributed by atoms with E-state index in [0.717, 1.165) is 64.0 Å². The van der Waals surface area contributed by atoms with Crippen molar-refractivity contribution in [1.82, 2.24) is 5.32 Å². The predicted octanol–water partition coefficient (Wildman–Crippen LogP) is 35.1. The van der Waals surface area contributed by atoms with E-state index in [1.807, 2.05) is 18.2 Å². The van der Waals surface area contributed by atoms with Gasteiger partial charge in [0.1, 0.15) is 12.5 Å². The first-order chi connectivity index (χ1) is 72.1. The molecule has 29 rings (SSSR count). The van der Waals surface area contributed by atoms with Crippen molar-refractivity contribution < 1.29 is 38.2 Å². The van der Waals surface area contributed by atoms with Crippen molar-refractivity contribution >= 4 is 329 Å². The molecule has 1 aliphatic rings. The molecule has 0 heterocycles. The van der Waals surface area contributed by atoms with E-state index in [1.165, 1.54) is 245 Å². The summed E-state index contributed by atoms with van der Waals surface area (Å²) in [5, 5.41) is 57.2. The van der Waals surface area contributed by atoms with E-state index in [0.29, 0.717) is 49.9 Å². The first kappa shape index (κ1) is 95.3. The fourth-order valence-electron chi connectivity index (χ4n) is 22.9. The van der Waals surface area contributed by atoms with Gasteiger partial charge < -0.3 is 14.8 Å². The lowest BCUT2D eigenvalue weighted by atomic mass is 9.90. The van der Waals surface area contributed by atoms with Crippen molar-refractivity contribution in [1.29, 1.82) is 0 Å². The molecule has 0 unspecified atom stereocenters. The van der Waals surface area contributed by atoms with Gasteiger partial charge in [-0.25, -0.2) is 0 Å². The van der Waals surface area contributed by atoms with Gasteiger partial charge in [-0.2, -0.15) is 12.6 Å². The maximum absolute atomic E-state index is 12.1. The molecule has 0 saturated heterocycles. The SMILES string of the molecule is BrCc1ccc2ccc3cccc4ccc1c2c34.COC(=O)CCCc1ccc2ccc3cccc4ccc1c2c34.O=C(CBr)c1ccc2ccc3cccc4ccc1c2c34.O=C(CCS)OCc1ccc2ccc3cccc4ccc1c2c34.O=C(CCl)NCc1ccc2ccc3cccc4ccc1c2c34.O=C(Cl)CCCc1ccc2ccc3cccc4ccc1c2c34.O=C1Cc2cc3cccc4ccc5ccc1c2c5c43. The third kappa shape index (κ3) is 17.9. The highest BCUT2D eigenvalue weighted by Crippen LogP contribution is 2.47. The summed E-state index contributed by atoms with van der Waals surface area (Å²) in [6.45, 7) is 0.806. The molecular weight excluding hydrogens is 2000 g/mol. The van der Waals surface area contributed by atoms with Crippen LogP contribution < -0.4 is 5.32 Å². The number of alkyl halides is 3. The Kier molecular flexibility index (Phi) is 26.6. The van der Waals surface area contributed by atoms with Crippen molar-refractivity contribution in [3.8, 4) is 0 Å². The maximum Gasteiger partial charge on any atom is 0.306 e. The van der Waals surface area contributed by atoms with Gasteiger partial charge in [0, 0.05) is 48.0 Å². The van der Waals surface area contributed by atoms with Crippen LogP contribution in [-0.4, -0.2) is 58.7 Å². The molecule has 1 aliphatic carbocycles. The van der Waals surface area contributed by atoms with Gasteiger partial charge in [0.05, 0.1) is 18.9 Å². The molecule has 9 nitrogen and oxygen atoms in total. The van der Waals surface area contributed by atoms with Gasteiger partial charge in [-0.3, -0.25) is 28.8 Å². The number of ketones is 2. The Morgan fingerprint density at radius 1 is 0.320 bits per heavy atom. The lowest BCUT2D eigenvalue weighted by Gasteiger charge is -2.14. The number of rotatable bonds is 18. The van der Waals surface area contributed by atoms with E-state index in [2.05, 4.69) is 408 Å². The first-order valence-corrected chi connectivity index (χ1v) is 53.5. The molecule has 0 radical (unpaired) electrons. The Balaban J connectivity index is 0.0000000946. The number of hydrogen-bond acceptors (Lipinski definition) is 9. The van der Waals surface area contributed by atoms with Gasteiger partial charge in [0.15, 0.2) is 11.6 Å². The molecule has 1 N–H and O–H groups in total. The van der Waals surface area contributed by atoms with Gasteiger partial charge in [0.2, 0.25) is 11.1 Å². The summed E-state index contributed by atoms with van der Waals surface area (Å²) in [4.78, 5) is 69.5. The number of ether oxygens (including phenoxy) is 2. The fraction of sp³-hybridized carbons (Fsp3) is 0.113. The number of esters is 2. The predicted molar refractivity (Wildman–Crippen MR) is 629 cm³/mol. The monoisotopic (exact) mass is 2090 g/mol. The lowest BCUT2D eigenvalue weighted by molar-refractivity contribution is -0.144. The second kappa shape index (κ2) is 41.0. The molecule has 147 heavy (non-hydrogen) atoms. The number of halogens is 4. The molecule has 714 valence electrons. The fourth-order valence-corrected chi connectivity index (χ4v) is 24.1. The summed E-state index contributed by atoms with van der Waals surface area (Å²) in [5.41, 5.74) is 9.02. The van der Waals surface area contributed by atoms with E-state index in [1.54, 1.807) is 0 Å². The van der Waals surface area contributed by atoms with Gasteiger partial charge in [-0.15, -0.1) is 11.6 Å². The summed E-state index contributed by atoms with van der Waals surface area (Å²) < 4.78 is 10.1. The van der Waals surface area contributed by atoms with E-state index in [4.69, 9.17) is 32.7 Å². The van der Waals surface area contributed by atoms with Crippen LogP contribution in [0, 0.1) is 0 Å². The highest BCUT2D eigenvalue weighted by atomic mass is 79.9. The Morgan fingerprint density at radius 3 is 0.993 bits per heavy atom. The standard InChI is InChI=1S/C21H18O2.C20H15ClO.C20H16O2S.C19H14ClNO.C18H11BrO.C18H10O.C17H11Br/c1-23-19(22)7-3-4-14-8-9-17-11-10-15-5-2-6-16-12-13-18(14)21(17)20(15)16;21-18(22)6-2-3-13-7-8-16-10-9-14-4-1-5-15-11-12-17(13)20(16)19(14)15;21-18(10-11-23)22-12-16-7-6-15-5-4-13-2-1-3-14-8-9-17(16)20(15)19(13)14;20-10-17(22)21-11-15-7-6-14-5-4-12-2-1-3-13-8-9-16(15)19(14)18(12)13;19-10-16(20)14-8-6-13-5-4-11-2-1-3-12-7-9-15(14)18(13)17(11)12;19-15-9-13-8-12-3-1-2-10-4-5-11-6-7-14(15)17(13)18(11)16(10)12;18-10-14-7-6-13-5-4-11-2-1-3-12-8-9-15(14)17(13)16(11)12/h2,5-6,8-13H,3-4,7H2,1H3;1,4-5,7-12H,2-3,6H2;1-9,23H,10-12H2;1-9H,10-11H2,(H,21,22);1-9H,10H2;1-8H,9H2;1-9H,10H2. The molecule has 0 atom stereocenters. The van der Waals surface area contributed by atoms with Gasteiger partial charge in [-0.05, 0) is 297 Å². The van der Waals surface area contributed by atoms with Crippen LogP contribution in [0.2, 0.25) is 0 Å². The molecule has 0 fully saturated rings.